The third-order valence-corrected chi connectivity index (χ3v) is 6.92. The summed E-state index contributed by atoms with van der Waals surface area (Å²) in [5.74, 6) is 0.694. The van der Waals surface area contributed by atoms with E-state index in [-0.39, 0.29) is 5.91 Å². The van der Waals surface area contributed by atoms with Crippen molar-refractivity contribution in [3.8, 4) is 9.75 Å². The van der Waals surface area contributed by atoms with Crippen molar-refractivity contribution in [1.82, 2.24) is 15.2 Å². The maximum atomic E-state index is 12.5. The first-order valence-electron chi connectivity index (χ1n) is 7.44. The Morgan fingerprint density at radius 3 is 2.73 bits per heavy atom. The first-order valence-corrected chi connectivity index (χ1v) is 9.45. The summed E-state index contributed by atoms with van der Waals surface area (Å²) >= 11 is 8.81. The molecule has 3 aliphatic rings. The van der Waals surface area contributed by atoms with Gasteiger partial charge in [0.05, 0.1) is 9.75 Å². The van der Waals surface area contributed by atoms with Crippen molar-refractivity contribution in [2.45, 2.75) is 18.9 Å². The first kappa shape index (κ1) is 14.6. The van der Waals surface area contributed by atoms with Gasteiger partial charge in [0.1, 0.15) is 0 Å². The number of hydrogen-bond donors (Lipinski definition) is 1. The predicted molar refractivity (Wildman–Crippen MR) is 90.9 cm³/mol. The molecule has 2 bridgehead atoms. The number of thiophene rings is 1. The summed E-state index contributed by atoms with van der Waals surface area (Å²) in [6.07, 6.45) is 4.17. The summed E-state index contributed by atoms with van der Waals surface area (Å²) in [5, 5.41) is 3.23. The molecule has 22 heavy (non-hydrogen) atoms. The molecule has 0 radical (unpaired) electrons. The van der Waals surface area contributed by atoms with Gasteiger partial charge in [0.25, 0.3) is 5.91 Å². The number of aromatic nitrogens is 1. The van der Waals surface area contributed by atoms with Gasteiger partial charge in [0.15, 0.2) is 4.47 Å². The topological polar surface area (TPSA) is 45.2 Å². The fourth-order valence-electron chi connectivity index (χ4n) is 3.33. The Morgan fingerprint density at radius 1 is 1.27 bits per heavy atom. The number of piperidine rings is 3. The molecule has 3 fully saturated rings. The van der Waals surface area contributed by atoms with Gasteiger partial charge in [-0.1, -0.05) is 11.6 Å². The zero-order valence-electron chi connectivity index (χ0n) is 11.9. The predicted octanol–water partition coefficient (Wildman–Crippen LogP) is 3.35. The number of amides is 1. The Labute approximate surface area is 142 Å². The van der Waals surface area contributed by atoms with Crippen molar-refractivity contribution < 1.29 is 4.79 Å². The molecule has 2 aromatic rings. The van der Waals surface area contributed by atoms with Crippen LogP contribution in [0.3, 0.4) is 0 Å². The Hall–Kier alpha value is -0.950. The van der Waals surface area contributed by atoms with Crippen LogP contribution in [0.1, 0.15) is 22.5 Å². The van der Waals surface area contributed by atoms with Crippen molar-refractivity contribution in [3.63, 3.8) is 0 Å². The van der Waals surface area contributed by atoms with Crippen LogP contribution in [-0.4, -0.2) is 41.5 Å². The van der Waals surface area contributed by atoms with Gasteiger partial charge in [-0.15, -0.1) is 22.7 Å². The van der Waals surface area contributed by atoms with Crippen molar-refractivity contribution in [3.05, 3.63) is 27.7 Å². The first-order chi connectivity index (χ1) is 10.7. The number of rotatable bonds is 3. The lowest BCUT2D eigenvalue weighted by Gasteiger charge is -2.44. The van der Waals surface area contributed by atoms with E-state index in [0.717, 1.165) is 21.2 Å². The van der Waals surface area contributed by atoms with Gasteiger partial charge in [0.2, 0.25) is 0 Å². The molecule has 3 saturated heterocycles. The van der Waals surface area contributed by atoms with Crippen LogP contribution in [0, 0.1) is 5.92 Å². The van der Waals surface area contributed by atoms with Crippen LogP contribution in [0.5, 0.6) is 0 Å². The van der Waals surface area contributed by atoms with E-state index in [1.165, 1.54) is 48.6 Å². The minimum absolute atomic E-state index is 0.0469. The maximum Gasteiger partial charge on any atom is 0.261 e. The average molecular weight is 354 g/mol. The molecule has 1 amide bonds. The van der Waals surface area contributed by atoms with Crippen LogP contribution in [0.25, 0.3) is 9.75 Å². The van der Waals surface area contributed by atoms with E-state index in [2.05, 4.69) is 15.2 Å². The second-order valence-electron chi connectivity index (χ2n) is 5.86. The molecule has 3 aliphatic heterocycles. The Balaban J connectivity index is 1.46. The number of thiazole rings is 1. The molecule has 0 aromatic carbocycles. The summed E-state index contributed by atoms with van der Waals surface area (Å²) in [6.45, 7) is 3.37. The highest BCUT2D eigenvalue weighted by atomic mass is 35.5. The number of carbonyl (C=O) groups is 1. The van der Waals surface area contributed by atoms with Crippen LogP contribution in [-0.2, 0) is 0 Å². The highest BCUT2D eigenvalue weighted by Gasteiger charge is 2.35. The fraction of sp³-hybridized carbons (Fsp3) is 0.467. The number of halogens is 1. The number of hydrogen-bond acceptors (Lipinski definition) is 5. The van der Waals surface area contributed by atoms with Crippen LogP contribution >= 0.6 is 34.3 Å². The molecule has 1 N–H and O–H groups in total. The molecule has 1 atom stereocenters. The van der Waals surface area contributed by atoms with E-state index in [1.54, 1.807) is 6.20 Å². The van der Waals surface area contributed by atoms with Crippen molar-refractivity contribution in [1.29, 1.82) is 0 Å². The van der Waals surface area contributed by atoms with Crippen molar-refractivity contribution in [2.75, 3.05) is 19.6 Å². The summed E-state index contributed by atoms with van der Waals surface area (Å²) in [4.78, 5) is 21.8. The summed E-state index contributed by atoms with van der Waals surface area (Å²) in [6, 6.07) is 4.17. The van der Waals surface area contributed by atoms with E-state index < -0.39 is 0 Å². The fourth-order valence-corrected chi connectivity index (χ4v) is 5.25. The zero-order valence-corrected chi connectivity index (χ0v) is 14.3. The molecule has 7 heteroatoms. The van der Waals surface area contributed by atoms with Gasteiger partial charge in [-0.3, -0.25) is 4.79 Å². The lowest BCUT2D eigenvalue weighted by molar-refractivity contribution is 0.0622. The van der Waals surface area contributed by atoms with Gasteiger partial charge in [-0.05, 0) is 44.0 Å². The minimum atomic E-state index is 0.0469. The molecule has 0 aliphatic carbocycles. The van der Waals surface area contributed by atoms with Crippen LogP contribution in [0.2, 0.25) is 4.47 Å². The lowest BCUT2D eigenvalue weighted by Crippen LogP contribution is -2.57. The molecule has 116 valence electrons. The molecule has 1 unspecified atom stereocenters. The van der Waals surface area contributed by atoms with E-state index >= 15 is 0 Å². The van der Waals surface area contributed by atoms with E-state index in [1.807, 2.05) is 12.1 Å². The standard InChI is InChI=1S/C15H16ClN3OS2/c16-15-17-7-13(22-15)11-1-2-12(21-11)14(20)18-10-8-19-5-3-9(10)4-6-19/h1-2,7,9-10H,3-6,8H2,(H,18,20). The summed E-state index contributed by atoms with van der Waals surface area (Å²) in [7, 11) is 0. The average Bonchev–Trinajstić information content (AvgIpc) is 3.17. The summed E-state index contributed by atoms with van der Waals surface area (Å²) < 4.78 is 0.529. The Morgan fingerprint density at radius 2 is 2.09 bits per heavy atom. The molecule has 0 spiro atoms. The van der Waals surface area contributed by atoms with Gasteiger partial charge in [-0.25, -0.2) is 4.98 Å². The quantitative estimate of drug-likeness (QED) is 0.920. The van der Waals surface area contributed by atoms with Gasteiger partial charge in [-0.2, -0.15) is 0 Å². The smallest absolute Gasteiger partial charge is 0.261 e. The maximum absolute atomic E-state index is 12.5. The molecule has 2 aromatic heterocycles. The third kappa shape index (κ3) is 2.80. The van der Waals surface area contributed by atoms with E-state index in [4.69, 9.17) is 11.6 Å². The van der Waals surface area contributed by atoms with Gasteiger partial charge >= 0.3 is 0 Å². The second-order valence-corrected chi connectivity index (χ2v) is 8.56. The number of nitrogens with one attached hydrogen (secondary N) is 1. The van der Waals surface area contributed by atoms with Crippen molar-refractivity contribution in [2.24, 2.45) is 5.92 Å². The summed E-state index contributed by atoms with van der Waals surface area (Å²) in [5.41, 5.74) is 0. The zero-order chi connectivity index (χ0) is 15.1. The minimum Gasteiger partial charge on any atom is -0.347 e. The normalized spacial score (nSPS) is 27.0. The monoisotopic (exact) mass is 353 g/mol. The van der Waals surface area contributed by atoms with E-state index in [9.17, 15) is 4.79 Å². The lowest BCUT2D eigenvalue weighted by atomic mass is 9.84. The number of fused-ring (bicyclic) bond motifs is 3. The van der Waals surface area contributed by atoms with Crippen molar-refractivity contribution >= 4 is 40.2 Å². The van der Waals surface area contributed by atoms with Crippen LogP contribution < -0.4 is 5.32 Å². The number of carbonyl (C=O) groups excluding carboxylic acids is 1. The van der Waals surface area contributed by atoms with Gasteiger partial charge < -0.3 is 10.2 Å². The SMILES string of the molecule is O=C(NC1CN2CCC1CC2)c1ccc(-c2cnc(Cl)s2)s1. The second kappa shape index (κ2) is 5.92. The largest absolute Gasteiger partial charge is 0.347 e. The Kier molecular flexibility index (Phi) is 3.94. The molecule has 0 saturated carbocycles. The van der Waals surface area contributed by atoms with Crippen LogP contribution in [0.15, 0.2) is 18.3 Å². The molecule has 5 heterocycles. The number of nitrogens with zero attached hydrogens (tertiary/aromatic N) is 2. The van der Waals surface area contributed by atoms with E-state index in [0.29, 0.717) is 16.4 Å². The third-order valence-electron chi connectivity index (χ3n) is 4.52. The molecule has 4 nitrogen and oxygen atoms in total. The highest BCUT2D eigenvalue weighted by Crippen LogP contribution is 2.34. The molecule has 5 rings (SSSR count). The molecular weight excluding hydrogens is 338 g/mol. The van der Waals surface area contributed by atoms with Crippen LogP contribution in [0.4, 0.5) is 0 Å². The van der Waals surface area contributed by atoms with Gasteiger partial charge in [0, 0.05) is 23.7 Å². The molecular formula is C15H16ClN3OS2. The Bertz CT molecular complexity index is 691. The highest BCUT2D eigenvalue weighted by molar-refractivity contribution is 7.24.